The maximum atomic E-state index is 11.8. The van der Waals surface area contributed by atoms with Crippen LogP contribution >= 0.6 is 12.4 Å². The van der Waals surface area contributed by atoms with Gasteiger partial charge >= 0.3 is 0 Å². The molecular formula is C12H19ClN2O2. The van der Waals surface area contributed by atoms with E-state index in [1.54, 1.807) is 12.1 Å². The van der Waals surface area contributed by atoms with Crippen molar-refractivity contribution >= 4 is 18.3 Å². The molecule has 0 aromatic carbocycles. The molecule has 0 bridgehead atoms. The molecule has 1 saturated carbocycles. The summed E-state index contributed by atoms with van der Waals surface area (Å²) in [4.78, 5) is 11.8. The first-order valence-corrected chi connectivity index (χ1v) is 5.78. The molecule has 3 N–H and O–H groups in total. The first-order chi connectivity index (χ1) is 7.65. The molecule has 0 radical (unpaired) electrons. The van der Waals surface area contributed by atoms with Crippen LogP contribution in [-0.4, -0.2) is 18.0 Å². The van der Waals surface area contributed by atoms with E-state index in [0.29, 0.717) is 11.8 Å². The van der Waals surface area contributed by atoms with Gasteiger partial charge in [-0.3, -0.25) is 4.79 Å². The minimum atomic E-state index is -0.117. The summed E-state index contributed by atoms with van der Waals surface area (Å²) in [6.07, 6.45) is 3.91. The largest absolute Gasteiger partial charge is 0.456 e. The van der Waals surface area contributed by atoms with E-state index in [0.717, 1.165) is 31.4 Å². The molecule has 1 aliphatic rings. The van der Waals surface area contributed by atoms with Crippen LogP contribution in [0.25, 0.3) is 0 Å². The zero-order valence-electron chi connectivity index (χ0n) is 9.94. The highest BCUT2D eigenvalue weighted by Gasteiger charge is 2.21. The van der Waals surface area contributed by atoms with Crippen molar-refractivity contribution in [1.29, 1.82) is 0 Å². The third-order valence-corrected chi connectivity index (χ3v) is 3.07. The molecular weight excluding hydrogens is 240 g/mol. The number of hydrogen-bond donors (Lipinski definition) is 2. The minimum absolute atomic E-state index is 0. The van der Waals surface area contributed by atoms with Gasteiger partial charge in [0.25, 0.3) is 5.91 Å². The maximum Gasteiger partial charge on any atom is 0.287 e. The number of carbonyl (C=O) groups is 1. The minimum Gasteiger partial charge on any atom is -0.456 e. The second kappa shape index (κ2) is 6.07. The van der Waals surface area contributed by atoms with Crippen molar-refractivity contribution in [2.45, 2.75) is 44.7 Å². The number of hydrogen-bond acceptors (Lipinski definition) is 3. The molecule has 0 saturated heterocycles. The van der Waals surface area contributed by atoms with Gasteiger partial charge in [0.15, 0.2) is 5.76 Å². The Morgan fingerprint density at radius 3 is 2.53 bits per heavy atom. The Balaban J connectivity index is 0.00000144. The van der Waals surface area contributed by atoms with Crippen molar-refractivity contribution in [2.75, 3.05) is 0 Å². The Bertz CT molecular complexity index is 370. The Labute approximate surface area is 107 Å². The standard InChI is InChI=1S/C12H18N2O2.ClH/c1-8-2-7-11(16-8)12(15)14-10-5-3-9(13)4-6-10;/h2,7,9-10H,3-6,13H2,1H3,(H,14,15);1H. The Morgan fingerprint density at radius 2 is 2.00 bits per heavy atom. The predicted octanol–water partition coefficient (Wildman–Crippen LogP) is 2.01. The van der Waals surface area contributed by atoms with Crippen LogP contribution in [0.4, 0.5) is 0 Å². The SMILES string of the molecule is Cc1ccc(C(=O)NC2CCC(N)CC2)o1.Cl. The van der Waals surface area contributed by atoms with E-state index < -0.39 is 0 Å². The molecule has 1 fully saturated rings. The van der Waals surface area contributed by atoms with Gasteiger partial charge in [0.2, 0.25) is 0 Å². The first kappa shape index (κ1) is 14.1. The molecule has 17 heavy (non-hydrogen) atoms. The molecule has 1 aliphatic carbocycles. The van der Waals surface area contributed by atoms with E-state index in [1.807, 2.05) is 6.92 Å². The third-order valence-electron chi connectivity index (χ3n) is 3.07. The lowest BCUT2D eigenvalue weighted by molar-refractivity contribution is 0.0896. The predicted molar refractivity (Wildman–Crippen MR) is 68.4 cm³/mol. The molecule has 2 rings (SSSR count). The molecule has 1 heterocycles. The topological polar surface area (TPSA) is 68.3 Å². The lowest BCUT2D eigenvalue weighted by Crippen LogP contribution is -2.40. The van der Waals surface area contributed by atoms with E-state index in [4.69, 9.17) is 10.2 Å². The van der Waals surface area contributed by atoms with Gasteiger partial charge in [-0.15, -0.1) is 12.4 Å². The Hall–Kier alpha value is -1.00. The number of amides is 1. The van der Waals surface area contributed by atoms with Crippen molar-refractivity contribution in [2.24, 2.45) is 5.73 Å². The van der Waals surface area contributed by atoms with E-state index in [2.05, 4.69) is 5.32 Å². The highest BCUT2D eigenvalue weighted by Crippen LogP contribution is 2.17. The van der Waals surface area contributed by atoms with Crippen LogP contribution < -0.4 is 11.1 Å². The lowest BCUT2D eigenvalue weighted by Gasteiger charge is -2.26. The van der Waals surface area contributed by atoms with Gasteiger partial charge in [-0.2, -0.15) is 0 Å². The van der Waals surface area contributed by atoms with Crippen molar-refractivity contribution in [1.82, 2.24) is 5.32 Å². The molecule has 96 valence electrons. The third kappa shape index (κ3) is 3.75. The van der Waals surface area contributed by atoms with Crippen molar-refractivity contribution in [3.63, 3.8) is 0 Å². The molecule has 0 aliphatic heterocycles. The Morgan fingerprint density at radius 1 is 1.35 bits per heavy atom. The van der Waals surface area contributed by atoms with E-state index in [1.165, 1.54) is 0 Å². The normalized spacial score (nSPS) is 23.9. The average Bonchev–Trinajstić information content (AvgIpc) is 2.68. The fraction of sp³-hybridized carbons (Fsp3) is 0.583. The summed E-state index contributed by atoms with van der Waals surface area (Å²) >= 11 is 0. The van der Waals surface area contributed by atoms with Gasteiger partial charge in [-0.05, 0) is 44.7 Å². The van der Waals surface area contributed by atoms with Crippen LogP contribution in [0.1, 0.15) is 42.0 Å². The van der Waals surface area contributed by atoms with Crippen LogP contribution in [0, 0.1) is 6.92 Å². The lowest BCUT2D eigenvalue weighted by atomic mass is 9.92. The van der Waals surface area contributed by atoms with Crippen LogP contribution in [0.5, 0.6) is 0 Å². The second-order valence-electron chi connectivity index (χ2n) is 4.50. The van der Waals surface area contributed by atoms with Gasteiger partial charge in [-0.1, -0.05) is 0 Å². The number of carbonyl (C=O) groups excluding carboxylic acids is 1. The van der Waals surface area contributed by atoms with E-state index in [-0.39, 0.29) is 24.4 Å². The zero-order valence-corrected chi connectivity index (χ0v) is 10.8. The molecule has 1 aromatic heterocycles. The zero-order chi connectivity index (χ0) is 11.5. The summed E-state index contributed by atoms with van der Waals surface area (Å²) in [5, 5.41) is 2.98. The van der Waals surface area contributed by atoms with Crippen molar-refractivity contribution < 1.29 is 9.21 Å². The van der Waals surface area contributed by atoms with Crippen LogP contribution in [0.15, 0.2) is 16.5 Å². The summed E-state index contributed by atoms with van der Waals surface area (Å²) in [7, 11) is 0. The van der Waals surface area contributed by atoms with E-state index in [9.17, 15) is 4.79 Å². The number of halogens is 1. The Kier molecular flexibility index (Phi) is 5.02. The van der Waals surface area contributed by atoms with Gasteiger partial charge in [-0.25, -0.2) is 0 Å². The fourth-order valence-corrected chi connectivity index (χ4v) is 2.08. The fourth-order valence-electron chi connectivity index (χ4n) is 2.08. The number of furan rings is 1. The second-order valence-corrected chi connectivity index (χ2v) is 4.50. The van der Waals surface area contributed by atoms with Gasteiger partial charge in [0.05, 0.1) is 0 Å². The smallest absolute Gasteiger partial charge is 0.287 e. The molecule has 0 atom stereocenters. The van der Waals surface area contributed by atoms with Crippen LogP contribution in [0.2, 0.25) is 0 Å². The number of aryl methyl sites for hydroxylation is 1. The van der Waals surface area contributed by atoms with Gasteiger partial charge in [0.1, 0.15) is 5.76 Å². The summed E-state index contributed by atoms with van der Waals surface area (Å²) in [5.41, 5.74) is 5.81. The van der Waals surface area contributed by atoms with Crippen LogP contribution in [0.3, 0.4) is 0 Å². The monoisotopic (exact) mass is 258 g/mol. The van der Waals surface area contributed by atoms with Gasteiger partial charge in [0, 0.05) is 12.1 Å². The summed E-state index contributed by atoms with van der Waals surface area (Å²) in [5.74, 6) is 1.04. The highest BCUT2D eigenvalue weighted by atomic mass is 35.5. The first-order valence-electron chi connectivity index (χ1n) is 5.78. The summed E-state index contributed by atoms with van der Waals surface area (Å²) in [6, 6.07) is 4.06. The number of nitrogens with one attached hydrogen (secondary N) is 1. The van der Waals surface area contributed by atoms with Gasteiger partial charge < -0.3 is 15.5 Å². The van der Waals surface area contributed by atoms with E-state index >= 15 is 0 Å². The molecule has 1 aromatic rings. The molecule has 0 spiro atoms. The molecule has 0 unspecified atom stereocenters. The maximum absolute atomic E-state index is 11.8. The summed E-state index contributed by atoms with van der Waals surface area (Å²) < 4.78 is 5.27. The van der Waals surface area contributed by atoms with Crippen molar-refractivity contribution in [3.8, 4) is 0 Å². The molecule has 5 heteroatoms. The quantitative estimate of drug-likeness (QED) is 0.853. The van der Waals surface area contributed by atoms with Crippen molar-refractivity contribution in [3.05, 3.63) is 23.7 Å². The average molecular weight is 259 g/mol. The number of nitrogens with two attached hydrogens (primary N) is 1. The molecule has 1 amide bonds. The molecule has 4 nitrogen and oxygen atoms in total. The number of rotatable bonds is 2. The summed E-state index contributed by atoms with van der Waals surface area (Å²) in [6.45, 7) is 1.83. The highest BCUT2D eigenvalue weighted by molar-refractivity contribution is 5.91. The van der Waals surface area contributed by atoms with Crippen LogP contribution in [-0.2, 0) is 0 Å².